The van der Waals surface area contributed by atoms with E-state index in [0.29, 0.717) is 11.8 Å². The van der Waals surface area contributed by atoms with Crippen molar-refractivity contribution in [1.29, 1.82) is 0 Å². The van der Waals surface area contributed by atoms with E-state index in [9.17, 15) is 4.79 Å². The summed E-state index contributed by atoms with van der Waals surface area (Å²) in [5.41, 5.74) is 5.03. The first kappa shape index (κ1) is 16.0. The predicted molar refractivity (Wildman–Crippen MR) is 85.4 cm³/mol. The van der Waals surface area contributed by atoms with Gasteiger partial charge in [0.25, 0.3) is 0 Å². The van der Waals surface area contributed by atoms with Crippen molar-refractivity contribution in [2.45, 2.75) is 46.1 Å². The van der Waals surface area contributed by atoms with Crippen molar-refractivity contribution in [2.24, 2.45) is 11.3 Å². The van der Waals surface area contributed by atoms with E-state index in [4.69, 9.17) is 5.84 Å². The average Bonchev–Trinajstić information content (AvgIpc) is 2.51. The zero-order valence-corrected chi connectivity index (χ0v) is 13.2. The Morgan fingerprint density at radius 2 is 1.90 bits per heavy atom. The van der Waals surface area contributed by atoms with Crippen molar-refractivity contribution < 1.29 is 4.79 Å². The molecule has 1 fully saturated rings. The largest absolute Gasteiger partial charge is 0.299 e. The molecule has 3 N–H and O–H groups in total. The van der Waals surface area contributed by atoms with E-state index in [1.165, 1.54) is 24.8 Å². The molecule has 1 aromatic rings. The average molecular weight is 289 g/mol. The maximum Gasteiger partial charge on any atom is 0.238 e. The minimum atomic E-state index is -0.139. The molecule has 4 nitrogen and oxygen atoms in total. The summed E-state index contributed by atoms with van der Waals surface area (Å²) in [5, 5.41) is 0. The van der Waals surface area contributed by atoms with Gasteiger partial charge in [-0.15, -0.1) is 0 Å². The Kier molecular flexibility index (Phi) is 5.37. The normalized spacial score (nSPS) is 18.4. The molecule has 1 aromatic carbocycles. The van der Waals surface area contributed by atoms with Gasteiger partial charge in [-0.05, 0) is 42.5 Å². The van der Waals surface area contributed by atoms with E-state index in [1.54, 1.807) is 0 Å². The number of nitrogens with two attached hydrogens (primary N) is 1. The van der Waals surface area contributed by atoms with Crippen LogP contribution in [-0.2, 0) is 17.8 Å². The van der Waals surface area contributed by atoms with Gasteiger partial charge in [0.05, 0.1) is 6.42 Å². The standard InChI is InChI=1S/C17H27N3O/c1-3-17(2)8-10-20(11-9-17)13-15-7-5-4-6-14(15)12-16(21)19-18/h4-7H,3,8-13,18H2,1-2H3,(H,19,21). The van der Waals surface area contributed by atoms with Gasteiger partial charge < -0.3 is 0 Å². The van der Waals surface area contributed by atoms with Crippen molar-refractivity contribution in [3.8, 4) is 0 Å². The van der Waals surface area contributed by atoms with E-state index in [-0.39, 0.29) is 5.91 Å². The third-order valence-corrected chi connectivity index (χ3v) is 4.94. The van der Waals surface area contributed by atoms with Crippen LogP contribution >= 0.6 is 0 Å². The Hall–Kier alpha value is -1.39. The SMILES string of the molecule is CCC1(C)CCN(Cc2ccccc2CC(=O)NN)CC1. The van der Waals surface area contributed by atoms with Gasteiger partial charge >= 0.3 is 0 Å². The molecule has 0 atom stereocenters. The Labute approximate surface area is 127 Å². The summed E-state index contributed by atoms with van der Waals surface area (Å²) in [6.45, 7) is 7.89. The van der Waals surface area contributed by atoms with Crippen LogP contribution in [0.15, 0.2) is 24.3 Å². The van der Waals surface area contributed by atoms with Crippen molar-refractivity contribution >= 4 is 5.91 Å². The molecule has 1 aliphatic rings. The van der Waals surface area contributed by atoms with E-state index < -0.39 is 0 Å². The summed E-state index contributed by atoms with van der Waals surface area (Å²) in [7, 11) is 0. The molecule has 0 saturated carbocycles. The number of hydrazine groups is 1. The number of benzene rings is 1. The highest BCUT2D eigenvalue weighted by atomic mass is 16.2. The van der Waals surface area contributed by atoms with Crippen molar-refractivity contribution in [3.63, 3.8) is 0 Å². The Morgan fingerprint density at radius 3 is 2.48 bits per heavy atom. The van der Waals surface area contributed by atoms with Gasteiger partial charge in [-0.25, -0.2) is 5.84 Å². The smallest absolute Gasteiger partial charge is 0.238 e. The fourth-order valence-electron chi connectivity index (χ4n) is 2.95. The van der Waals surface area contributed by atoms with Crippen molar-refractivity contribution in [2.75, 3.05) is 13.1 Å². The first-order chi connectivity index (χ1) is 10.1. The van der Waals surface area contributed by atoms with Crippen LogP contribution < -0.4 is 11.3 Å². The lowest BCUT2D eigenvalue weighted by atomic mass is 9.78. The van der Waals surface area contributed by atoms with E-state index in [0.717, 1.165) is 25.2 Å². The van der Waals surface area contributed by atoms with Gasteiger partial charge in [0.2, 0.25) is 5.91 Å². The molecule has 0 unspecified atom stereocenters. The number of piperidine rings is 1. The van der Waals surface area contributed by atoms with Gasteiger partial charge in [-0.1, -0.05) is 44.5 Å². The first-order valence-electron chi connectivity index (χ1n) is 7.85. The van der Waals surface area contributed by atoms with Crippen LogP contribution in [0.1, 0.15) is 44.2 Å². The molecule has 0 aliphatic carbocycles. The zero-order chi connectivity index (χ0) is 15.3. The van der Waals surface area contributed by atoms with Crippen LogP contribution in [0.2, 0.25) is 0 Å². The maximum absolute atomic E-state index is 11.5. The molecule has 1 heterocycles. The van der Waals surface area contributed by atoms with E-state index in [1.807, 2.05) is 18.2 Å². The predicted octanol–water partition coefficient (Wildman–Crippen LogP) is 2.23. The lowest BCUT2D eigenvalue weighted by molar-refractivity contribution is -0.120. The Morgan fingerprint density at radius 1 is 1.29 bits per heavy atom. The Balaban J connectivity index is 1.99. The van der Waals surface area contributed by atoms with Gasteiger partial charge in [0.15, 0.2) is 0 Å². The number of nitrogens with one attached hydrogen (secondary N) is 1. The van der Waals surface area contributed by atoms with E-state index >= 15 is 0 Å². The number of amides is 1. The maximum atomic E-state index is 11.5. The molecule has 1 saturated heterocycles. The highest BCUT2D eigenvalue weighted by Gasteiger charge is 2.28. The fraction of sp³-hybridized carbons (Fsp3) is 0.588. The molecule has 21 heavy (non-hydrogen) atoms. The molecular weight excluding hydrogens is 262 g/mol. The van der Waals surface area contributed by atoms with Crippen LogP contribution in [0.4, 0.5) is 0 Å². The van der Waals surface area contributed by atoms with Crippen LogP contribution in [0.25, 0.3) is 0 Å². The highest BCUT2D eigenvalue weighted by molar-refractivity contribution is 5.78. The van der Waals surface area contributed by atoms with E-state index in [2.05, 4.69) is 30.2 Å². The molecule has 0 aromatic heterocycles. The number of rotatable bonds is 5. The third kappa shape index (κ3) is 4.29. The fourth-order valence-corrected chi connectivity index (χ4v) is 2.95. The van der Waals surface area contributed by atoms with Gasteiger partial charge in [0.1, 0.15) is 0 Å². The summed E-state index contributed by atoms with van der Waals surface area (Å²) < 4.78 is 0. The molecule has 0 radical (unpaired) electrons. The number of carbonyl (C=O) groups is 1. The number of carbonyl (C=O) groups excluding carboxylic acids is 1. The number of likely N-dealkylation sites (tertiary alicyclic amines) is 1. The minimum Gasteiger partial charge on any atom is -0.299 e. The molecule has 1 amide bonds. The topological polar surface area (TPSA) is 58.4 Å². The van der Waals surface area contributed by atoms with Crippen LogP contribution in [0, 0.1) is 5.41 Å². The minimum absolute atomic E-state index is 0.139. The quantitative estimate of drug-likeness (QED) is 0.496. The first-order valence-corrected chi connectivity index (χ1v) is 7.85. The molecule has 1 aliphatic heterocycles. The van der Waals surface area contributed by atoms with Crippen LogP contribution in [0.5, 0.6) is 0 Å². The summed E-state index contributed by atoms with van der Waals surface area (Å²) in [4.78, 5) is 14.0. The summed E-state index contributed by atoms with van der Waals surface area (Å²) in [6.07, 6.45) is 4.13. The van der Waals surface area contributed by atoms with Crippen molar-refractivity contribution in [1.82, 2.24) is 10.3 Å². The second kappa shape index (κ2) is 7.05. The summed E-state index contributed by atoms with van der Waals surface area (Å²) in [6, 6.07) is 8.16. The second-order valence-corrected chi connectivity index (χ2v) is 6.45. The second-order valence-electron chi connectivity index (χ2n) is 6.45. The molecular formula is C17H27N3O. The van der Waals surface area contributed by atoms with Crippen molar-refractivity contribution in [3.05, 3.63) is 35.4 Å². The van der Waals surface area contributed by atoms with Crippen LogP contribution in [-0.4, -0.2) is 23.9 Å². The van der Waals surface area contributed by atoms with Crippen LogP contribution in [0.3, 0.4) is 0 Å². The Bertz CT molecular complexity index is 479. The number of hydrogen-bond acceptors (Lipinski definition) is 3. The molecule has 0 spiro atoms. The highest BCUT2D eigenvalue weighted by Crippen LogP contribution is 2.34. The lowest BCUT2D eigenvalue weighted by Gasteiger charge is -2.39. The zero-order valence-electron chi connectivity index (χ0n) is 13.2. The van der Waals surface area contributed by atoms with Gasteiger partial charge in [-0.2, -0.15) is 0 Å². The molecule has 2 rings (SSSR count). The lowest BCUT2D eigenvalue weighted by Crippen LogP contribution is -2.38. The molecule has 4 heteroatoms. The molecule has 116 valence electrons. The number of hydrogen-bond donors (Lipinski definition) is 2. The monoisotopic (exact) mass is 289 g/mol. The van der Waals surface area contributed by atoms with Gasteiger partial charge in [0, 0.05) is 6.54 Å². The van der Waals surface area contributed by atoms with Gasteiger partial charge in [-0.3, -0.25) is 15.1 Å². The third-order valence-electron chi connectivity index (χ3n) is 4.94. The molecule has 0 bridgehead atoms. The summed E-state index contributed by atoms with van der Waals surface area (Å²) >= 11 is 0. The summed E-state index contributed by atoms with van der Waals surface area (Å²) in [5.74, 6) is 5.05. The number of nitrogens with zero attached hydrogens (tertiary/aromatic N) is 1.